The average Bonchev–Trinajstić information content (AvgIpc) is 2.09. The normalized spacial score (nSPS) is 9.83. The Hall–Kier alpha value is -1.11. The van der Waals surface area contributed by atoms with Crippen molar-refractivity contribution in [3.8, 4) is 0 Å². The maximum atomic E-state index is 3.75. The minimum absolute atomic E-state index is 1.09. The van der Waals surface area contributed by atoms with Gasteiger partial charge in [0.15, 0.2) is 11.9 Å². The summed E-state index contributed by atoms with van der Waals surface area (Å²) in [7, 11) is 0. The van der Waals surface area contributed by atoms with Gasteiger partial charge in [-0.3, -0.25) is 0 Å². The molecular formula is C11H16N+. The minimum atomic E-state index is 1.09. The third kappa shape index (κ3) is 1.94. The lowest BCUT2D eigenvalue weighted by Crippen LogP contribution is -2.36. The first-order valence-corrected chi connectivity index (χ1v) is 4.40. The molecule has 0 aliphatic rings. The Labute approximate surface area is 74.4 Å². The van der Waals surface area contributed by atoms with E-state index in [-0.39, 0.29) is 0 Å². The zero-order valence-electron chi connectivity index (χ0n) is 7.88. The molecule has 1 aromatic heterocycles. The Balaban J connectivity index is 2.99. The summed E-state index contributed by atoms with van der Waals surface area (Å²) in [6.07, 6.45) is 5.20. The fourth-order valence-corrected chi connectivity index (χ4v) is 1.24. The van der Waals surface area contributed by atoms with E-state index in [9.17, 15) is 0 Å². The Morgan fingerprint density at radius 2 is 2.25 bits per heavy atom. The Bertz CT molecular complexity index is 276. The number of hydrogen-bond donors (Lipinski definition) is 0. The van der Waals surface area contributed by atoms with Crippen molar-refractivity contribution in [2.45, 2.75) is 26.8 Å². The second kappa shape index (κ2) is 4.05. The molecule has 0 fully saturated rings. The highest BCUT2D eigenvalue weighted by Crippen LogP contribution is 1.99. The fourth-order valence-electron chi connectivity index (χ4n) is 1.24. The molecule has 0 bridgehead atoms. The second-order valence-corrected chi connectivity index (χ2v) is 3.00. The molecule has 0 aliphatic heterocycles. The maximum absolute atomic E-state index is 3.75. The van der Waals surface area contributed by atoms with E-state index in [0.717, 1.165) is 6.54 Å². The number of aryl methyl sites for hydroxylation is 2. The molecule has 64 valence electrons. The van der Waals surface area contributed by atoms with Gasteiger partial charge in [-0.1, -0.05) is 19.6 Å². The molecule has 0 amide bonds. The van der Waals surface area contributed by atoms with Crippen molar-refractivity contribution in [2.75, 3.05) is 0 Å². The van der Waals surface area contributed by atoms with Gasteiger partial charge in [0.05, 0.1) is 0 Å². The van der Waals surface area contributed by atoms with Gasteiger partial charge in [-0.05, 0) is 6.07 Å². The summed E-state index contributed by atoms with van der Waals surface area (Å²) in [6, 6.07) is 4.22. The summed E-state index contributed by atoms with van der Waals surface area (Å²) in [4.78, 5) is 0. The van der Waals surface area contributed by atoms with Gasteiger partial charge in [0.1, 0.15) is 6.54 Å². The summed E-state index contributed by atoms with van der Waals surface area (Å²) < 4.78 is 2.26. The highest BCUT2D eigenvalue weighted by atomic mass is 14.9. The van der Waals surface area contributed by atoms with Gasteiger partial charge in [-0.25, -0.2) is 4.57 Å². The Kier molecular flexibility index (Phi) is 3.03. The fraction of sp³-hybridized carbons (Fsp3) is 0.364. The van der Waals surface area contributed by atoms with E-state index < -0.39 is 0 Å². The first-order valence-electron chi connectivity index (χ1n) is 4.40. The minimum Gasteiger partial charge on any atom is -0.202 e. The molecule has 0 N–H and O–H groups in total. The van der Waals surface area contributed by atoms with Gasteiger partial charge in [-0.15, -0.1) is 0 Å². The predicted octanol–water partition coefficient (Wildman–Crippen LogP) is 2.34. The van der Waals surface area contributed by atoms with Gasteiger partial charge < -0.3 is 0 Å². The predicted molar refractivity (Wildman–Crippen MR) is 51.8 cm³/mol. The van der Waals surface area contributed by atoms with Crippen LogP contribution in [0.2, 0.25) is 0 Å². The van der Waals surface area contributed by atoms with Crippen molar-refractivity contribution in [3.63, 3.8) is 0 Å². The largest absolute Gasteiger partial charge is 0.202 e. The van der Waals surface area contributed by atoms with Crippen molar-refractivity contribution >= 4 is 6.08 Å². The summed E-state index contributed by atoms with van der Waals surface area (Å²) >= 11 is 0. The molecule has 0 aliphatic carbocycles. The quantitative estimate of drug-likeness (QED) is 0.601. The molecular weight excluding hydrogens is 146 g/mol. The van der Waals surface area contributed by atoms with Crippen molar-refractivity contribution in [3.05, 3.63) is 36.2 Å². The topological polar surface area (TPSA) is 3.88 Å². The van der Waals surface area contributed by atoms with Gasteiger partial charge >= 0.3 is 0 Å². The zero-order chi connectivity index (χ0) is 8.97. The van der Waals surface area contributed by atoms with Crippen LogP contribution < -0.4 is 4.57 Å². The molecule has 0 saturated heterocycles. The number of hydrogen-bond acceptors (Lipinski definition) is 0. The van der Waals surface area contributed by atoms with Gasteiger partial charge in [0.2, 0.25) is 0 Å². The van der Waals surface area contributed by atoms with Crippen LogP contribution in [0.25, 0.3) is 6.08 Å². The summed E-state index contributed by atoms with van der Waals surface area (Å²) in [6.45, 7) is 9.15. The summed E-state index contributed by atoms with van der Waals surface area (Å²) in [5, 5.41) is 0. The zero-order valence-corrected chi connectivity index (χ0v) is 7.88. The molecule has 0 radical (unpaired) electrons. The van der Waals surface area contributed by atoms with Crippen molar-refractivity contribution in [1.29, 1.82) is 0 Å². The third-order valence-corrected chi connectivity index (χ3v) is 1.98. The molecule has 0 aromatic carbocycles. The molecule has 0 spiro atoms. The molecule has 1 aromatic rings. The smallest absolute Gasteiger partial charge is 0.178 e. The molecule has 12 heavy (non-hydrogen) atoms. The van der Waals surface area contributed by atoms with E-state index in [1.165, 1.54) is 17.7 Å². The highest BCUT2D eigenvalue weighted by Gasteiger charge is 2.03. The number of rotatable bonds is 3. The van der Waals surface area contributed by atoms with Crippen LogP contribution in [0.1, 0.15) is 24.6 Å². The molecule has 1 heterocycles. The van der Waals surface area contributed by atoms with Crippen molar-refractivity contribution in [1.82, 2.24) is 0 Å². The standard InChI is InChI=1S/C11H16N/c1-4-8-12-9-11(5-2)7-6-10(12)3/h5-7,9H,2,4,8H2,1,3H3/q+1. The molecule has 0 unspecified atom stereocenters. The van der Waals surface area contributed by atoms with Crippen LogP contribution >= 0.6 is 0 Å². The van der Waals surface area contributed by atoms with Crippen LogP contribution in [0.5, 0.6) is 0 Å². The third-order valence-electron chi connectivity index (χ3n) is 1.98. The van der Waals surface area contributed by atoms with E-state index in [2.05, 4.69) is 43.3 Å². The van der Waals surface area contributed by atoms with E-state index in [1.54, 1.807) is 0 Å². The second-order valence-electron chi connectivity index (χ2n) is 3.00. The number of nitrogens with zero attached hydrogens (tertiary/aromatic N) is 1. The molecule has 1 rings (SSSR count). The summed E-state index contributed by atoms with van der Waals surface area (Å²) in [5.74, 6) is 0. The first kappa shape index (κ1) is 8.98. The van der Waals surface area contributed by atoms with Gasteiger partial charge in [-0.2, -0.15) is 0 Å². The lowest BCUT2D eigenvalue weighted by Gasteiger charge is -1.98. The van der Waals surface area contributed by atoms with Crippen LogP contribution in [0.4, 0.5) is 0 Å². The summed E-state index contributed by atoms with van der Waals surface area (Å²) in [5.41, 5.74) is 2.50. The Morgan fingerprint density at radius 3 is 2.83 bits per heavy atom. The molecule has 1 nitrogen and oxygen atoms in total. The van der Waals surface area contributed by atoms with Crippen molar-refractivity contribution < 1.29 is 4.57 Å². The highest BCUT2D eigenvalue weighted by molar-refractivity contribution is 5.43. The molecule has 0 saturated carbocycles. The van der Waals surface area contributed by atoms with E-state index in [4.69, 9.17) is 0 Å². The van der Waals surface area contributed by atoms with Gasteiger partial charge in [0, 0.05) is 25.0 Å². The van der Waals surface area contributed by atoms with E-state index >= 15 is 0 Å². The van der Waals surface area contributed by atoms with Crippen LogP contribution in [-0.2, 0) is 6.54 Å². The monoisotopic (exact) mass is 162 g/mol. The van der Waals surface area contributed by atoms with Crippen LogP contribution in [0.15, 0.2) is 24.9 Å². The van der Waals surface area contributed by atoms with Crippen LogP contribution in [-0.4, -0.2) is 0 Å². The molecule has 1 heteroatoms. The molecule has 0 atom stereocenters. The van der Waals surface area contributed by atoms with Crippen LogP contribution in [0, 0.1) is 6.92 Å². The van der Waals surface area contributed by atoms with E-state index in [0.29, 0.717) is 0 Å². The van der Waals surface area contributed by atoms with Crippen molar-refractivity contribution in [2.24, 2.45) is 0 Å². The van der Waals surface area contributed by atoms with Crippen LogP contribution in [0.3, 0.4) is 0 Å². The van der Waals surface area contributed by atoms with E-state index in [1.807, 2.05) is 6.08 Å². The number of pyridine rings is 1. The lowest BCUT2D eigenvalue weighted by molar-refractivity contribution is -0.702. The first-order chi connectivity index (χ1) is 5.77. The maximum Gasteiger partial charge on any atom is 0.178 e. The van der Waals surface area contributed by atoms with Gasteiger partial charge in [0.25, 0.3) is 0 Å². The number of aromatic nitrogens is 1. The Morgan fingerprint density at radius 1 is 1.50 bits per heavy atom. The average molecular weight is 162 g/mol. The lowest BCUT2D eigenvalue weighted by atomic mass is 10.2. The SMILES string of the molecule is C=Cc1ccc(C)[n+](CCC)c1.